The molecule has 0 aliphatic rings. The van der Waals surface area contributed by atoms with Crippen LogP contribution in [-0.2, 0) is 10.0 Å². The van der Waals surface area contributed by atoms with Gasteiger partial charge >= 0.3 is 0 Å². The summed E-state index contributed by atoms with van der Waals surface area (Å²) in [6.45, 7) is 3.70. The number of fused-ring (bicyclic) bond motifs is 1. The maximum atomic E-state index is 12.3. The highest BCUT2D eigenvalue weighted by Gasteiger charge is 2.22. The second-order valence-electron chi connectivity index (χ2n) is 5.05. The number of halogens is 2. The molecule has 0 spiro atoms. The molecule has 0 aliphatic heterocycles. The van der Waals surface area contributed by atoms with Gasteiger partial charge in [0.2, 0.25) is 10.0 Å². The second kappa shape index (κ2) is 6.17. The van der Waals surface area contributed by atoms with Crippen molar-refractivity contribution in [2.24, 2.45) is 5.73 Å². The van der Waals surface area contributed by atoms with Crippen LogP contribution in [0.3, 0.4) is 0 Å². The van der Waals surface area contributed by atoms with Gasteiger partial charge in [0.05, 0.1) is 0 Å². The Kier molecular flexibility index (Phi) is 5.46. The van der Waals surface area contributed by atoms with Crippen LogP contribution >= 0.6 is 35.3 Å². The molecule has 0 amide bonds. The molecule has 0 saturated carbocycles. The van der Waals surface area contributed by atoms with Crippen LogP contribution in [0.15, 0.2) is 28.5 Å². The van der Waals surface area contributed by atoms with Crippen LogP contribution in [-0.4, -0.2) is 20.5 Å². The van der Waals surface area contributed by atoms with E-state index in [1.54, 1.807) is 31.4 Å². The summed E-state index contributed by atoms with van der Waals surface area (Å²) in [5.74, 6) is 0. The lowest BCUT2D eigenvalue weighted by molar-refractivity contribution is 0.498. The van der Waals surface area contributed by atoms with Crippen molar-refractivity contribution in [2.45, 2.75) is 24.3 Å². The molecule has 1 aromatic carbocycles. The first kappa shape index (κ1) is 17.7. The van der Waals surface area contributed by atoms with Crippen molar-refractivity contribution in [1.29, 1.82) is 0 Å². The van der Waals surface area contributed by atoms with Gasteiger partial charge < -0.3 is 5.73 Å². The Bertz CT molecular complexity index is 706. The number of sulfonamides is 1. The summed E-state index contributed by atoms with van der Waals surface area (Å²) in [6.07, 6.45) is 0. The number of rotatable bonds is 4. The molecule has 20 heavy (non-hydrogen) atoms. The number of benzene rings is 1. The number of thiophene rings is 1. The van der Waals surface area contributed by atoms with Gasteiger partial charge in [0.15, 0.2) is 0 Å². The van der Waals surface area contributed by atoms with Crippen molar-refractivity contribution in [3.05, 3.63) is 28.6 Å². The largest absolute Gasteiger partial charge is 0.324 e. The third kappa shape index (κ3) is 4.07. The molecule has 112 valence electrons. The number of hydrogen-bond acceptors (Lipinski definition) is 4. The molecule has 2 rings (SSSR count). The van der Waals surface area contributed by atoms with Crippen molar-refractivity contribution >= 4 is 55.5 Å². The summed E-state index contributed by atoms with van der Waals surface area (Å²) in [6, 6.07) is 5.22. The second-order valence-corrected chi connectivity index (χ2v) is 8.14. The summed E-state index contributed by atoms with van der Waals surface area (Å²) in [4.78, 5) is 0.249. The van der Waals surface area contributed by atoms with E-state index in [0.29, 0.717) is 10.4 Å². The van der Waals surface area contributed by atoms with Crippen molar-refractivity contribution in [3.63, 3.8) is 0 Å². The van der Waals surface area contributed by atoms with Crippen molar-refractivity contribution in [2.75, 3.05) is 6.54 Å². The number of nitrogens with two attached hydrogens (primary N) is 1. The molecule has 0 saturated heterocycles. The molecule has 0 unspecified atom stereocenters. The lowest BCUT2D eigenvalue weighted by Gasteiger charge is -2.18. The molecule has 0 aliphatic carbocycles. The van der Waals surface area contributed by atoms with Gasteiger partial charge in [-0.25, -0.2) is 13.1 Å². The molecular formula is C12H16Cl2N2O2S2. The highest BCUT2D eigenvalue weighted by atomic mass is 35.5. The molecule has 1 heterocycles. The molecule has 2 aromatic rings. The quantitative estimate of drug-likeness (QED) is 0.886. The van der Waals surface area contributed by atoms with Crippen LogP contribution in [0, 0.1) is 0 Å². The normalized spacial score (nSPS) is 12.4. The van der Waals surface area contributed by atoms with E-state index < -0.39 is 15.6 Å². The first-order valence-electron chi connectivity index (χ1n) is 5.64. The predicted octanol–water partition coefficient (Wildman–Crippen LogP) is 2.99. The summed E-state index contributed by atoms with van der Waals surface area (Å²) in [5.41, 5.74) is 5.19. The Balaban J connectivity index is 0.00000200. The van der Waals surface area contributed by atoms with Gasteiger partial charge in [-0.15, -0.1) is 23.7 Å². The van der Waals surface area contributed by atoms with E-state index in [9.17, 15) is 8.42 Å². The fourth-order valence-electron chi connectivity index (χ4n) is 1.54. The average Bonchev–Trinajstić information content (AvgIpc) is 2.69. The van der Waals surface area contributed by atoms with Crippen LogP contribution in [0.1, 0.15) is 13.8 Å². The molecule has 0 fully saturated rings. The number of hydrogen-bond donors (Lipinski definition) is 2. The smallest absolute Gasteiger partial charge is 0.242 e. The zero-order valence-corrected chi connectivity index (χ0v) is 14.2. The average molecular weight is 355 g/mol. The summed E-state index contributed by atoms with van der Waals surface area (Å²) < 4.78 is 27.9. The van der Waals surface area contributed by atoms with E-state index in [0.717, 1.165) is 4.70 Å². The van der Waals surface area contributed by atoms with E-state index in [1.807, 2.05) is 6.07 Å². The van der Waals surface area contributed by atoms with Crippen molar-refractivity contribution < 1.29 is 8.42 Å². The predicted molar refractivity (Wildman–Crippen MR) is 87.5 cm³/mol. The first-order valence-corrected chi connectivity index (χ1v) is 8.38. The number of nitrogens with one attached hydrogen (secondary N) is 1. The van der Waals surface area contributed by atoms with Crippen LogP contribution in [0.2, 0.25) is 5.02 Å². The van der Waals surface area contributed by atoms with Gasteiger partial charge in [-0.1, -0.05) is 11.6 Å². The third-order valence-corrected chi connectivity index (χ3v) is 5.30. The van der Waals surface area contributed by atoms with E-state index in [4.69, 9.17) is 17.3 Å². The van der Waals surface area contributed by atoms with E-state index in [-0.39, 0.29) is 23.8 Å². The molecular weight excluding hydrogens is 339 g/mol. The first-order chi connectivity index (χ1) is 8.69. The van der Waals surface area contributed by atoms with Gasteiger partial charge in [0.25, 0.3) is 0 Å². The maximum absolute atomic E-state index is 12.3. The minimum atomic E-state index is -3.57. The van der Waals surface area contributed by atoms with Gasteiger partial charge in [-0.3, -0.25) is 0 Å². The van der Waals surface area contributed by atoms with E-state index in [1.165, 1.54) is 11.3 Å². The van der Waals surface area contributed by atoms with E-state index >= 15 is 0 Å². The zero-order valence-electron chi connectivity index (χ0n) is 11.0. The standard InChI is InChI=1S/C12H15ClN2O2S2.ClH/c1-12(2,14)7-15-19(16,17)11-6-18-10-4-3-8(13)5-9(10)11;/h3-6,15H,7,14H2,1-2H3;1H. The molecule has 8 heteroatoms. The summed E-state index contributed by atoms with van der Waals surface area (Å²) in [7, 11) is -3.57. The molecule has 0 radical (unpaired) electrons. The minimum Gasteiger partial charge on any atom is -0.324 e. The molecule has 3 N–H and O–H groups in total. The Morgan fingerprint density at radius 1 is 1.40 bits per heavy atom. The van der Waals surface area contributed by atoms with Gasteiger partial charge in [0.1, 0.15) is 4.90 Å². The van der Waals surface area contributed by atoms with Crippen LogP contribution in [0.25, 0.3) is 10.1 Å². The minimum absolute atomic E-state index is 0. The lowest BCUT2D eigenvalue weighted by atomic mass is 10.1. The lowest BCUT2D eigenvalue weighted by Crippen LogP contribution is -2.44. The highest BCUT2D eigenvalue weighted by molar-refractivity contribution is 7.90. The Morgan fingerprint density at radius 3 is 2.65 bits per heavy atom. The van der Waals surface area contributed by atoms with Crippen LogP contribution < -0.4 is 10.5 Å². The Labute approximate surface area is 133 Å². The topological polar surface area (TPSA) is 72.2 Å². The van der Waals surface area contributed by atoms with Crippen LogP contribution in [0.5, 0.6) is 0 Å². The fraction of sp³-hybridized carbons (Fsp3) is 0.333. The summed E-state index contributed by atoms with van der Waals surface area (Å²) in [5, 5.41) is 2.77. The van der Waals surface area contributed by atoms with Gasteiger partial charge in [-0.2, -0.15) is 0 Å². The monoisotopic (exact) mass is 354 g/mol. The maximum Gasteiger partial charge on any atom is 0.242 e. The highest BCUT2D eigenvalue weighted by Crippen LogP contribution is 2.31. The van der Waals surface area contributed by atoms with Gasteiger partial charge in [0, 0.05) is 32.6 Å². The third-order valence-electron chi connectivity index (χ3n) is 2.51. The zero-order chi connectivity index (χ0) is 14.3. The van der Waals surface area contributed by atoms with E-state index in [2.05, 4.69) is 4.72 Å². The molecule has 4 nitrogen and oxygen atoms in total. The SMILES string of the molecule is CC(C)(N)CNS(=O)(=O)c1csc2ccc(Cl)cc12.Cl. The fourth-order valence-corrected chi connectivity index (χ4v) is 4.41. The summed E-state index contributed by atoms with van der Waals surface area (Å²) >= 11 is 7.29. The van der Waals surface area contributed by atoms with Crippen molar-refractivity contribution in [1.82, 2.24) is 4.72 Å². The van der Waals surface area contributed by atoms with Crippen molar-refractivity contribution in [3.8, 4) is 0 Å². The molecule has 1 aromatic heterocycles. The van der Waals surface area contributed by atoms with Crippen LogP contribution in [0.4, 0.5) is 0 Å². The molecule has 0 bridgehead atoms. The Morgan fingerprint density at radius 2 is 2.05 bits per heavy atom. The Hall–Kier alpha value is -0.370. The van der Waals surface area contributed by atoms with Gasteiger partial charge in [-0.05, 0) is 32.0 Å². The molecule has 0 atom stereocenters.